The van der Waals surface area contributed by atoms with Gasteiger partial charge in [-0.05, 0) is 24.3 Å². The highest BCUT2D eigenvalue weighted by Crippen LogP contribution is 2.35. The minimum atomic E-state index is 0.0170. The average molecular weight is 375 g/mol. The zero-order valence-corrected chi connectivity index (χ0v) is 15.4. The van der Waals surface area contributed by atoms with Crippen molar-refractivity contribution in [2.75, 3.05) is 29.4 Å². The lowest BCUT2D eigenvalue weighted by Gasteiger charge is -2.39. The number of thiazole rings is 1. The second-order valence-electron chi connectivity index (χ2n) is 7.11. The van der Waals surface area contributed by atoms with Crippen molar-refractivity contribution in [3.05, 3.63) is 48.5 Å². The average Bonchev–Trinajstić information content (AvgIpc) is 3.32. The Kier molecular flexibility index (Phi) is 3.11. The Hall–Kier alpha value is -2.93. The smallest absolute Gasteiger partial charge is 0.236 e. The van der Waals surface area contributed by atoms with Crippen molar-refractivity contribution < 1.29 is 4.79 Å². The molecule has 2 aliphatic heterocycles. The molecule has 6 rings (SSSR count). The normalized spacial score (nSPS) is 16.9. The van der Waals surface area contributed by atoms with E-state index in [9.17, 15) is 4.79 Å². The lowest BCUT2D eigenvalue weighted by Crippen LogP contribution is -2.54. The topological polar surface area (TPSA) is 54.3 Å². The fourth-order valence-electron chi connectivity index (χ4n) is 4.00. The van der Waals surface area contributed by atoms with E-state index in [1.807, 2.05) is 41.3 Å². The van der Waals surface area contributed by atoms with Crippen LogP contribution in [0.2, 0.25) is 0 Å². The number of aromatic nitrogens is 3. The molecule has 0 spiro atoms. The van der Waals surface area contributed by atoms with Crippen LogP contribution in [0.4, 0.5) is 11.1 Å². The Morgan fingerprint density at radius 1 is 0.963 bits per heavy atom. The van der Waals surface area contributed by atoms with Crippen LogP contribution < -0.4 is 9.80 Å². The summed E-state index contributed by atoms with van der Waals surface area (Å²) in [5, 5.41) is 1.01. The summed E-state index contributed by atoms with van der Waals surface area (Å²) in [7, 11) is 0. The maximum absolute atomic E-state index is 13.0. The monoisotopic (exact) mass is 375 g/mol. The molecular weight excluding hydrogens is 358 g/mol. The van der Waals surface area contributed by atoms with Gasteiger partial charge in [-0.2, -0.15) is 0 Å². The van der Waals surface area contributed by atoms with E-state index in [4.69, 9.17) is 4.98 Å². The quantitative estimate of drug-likeness (QED) is 0.540. The number of amides is 1. The predicted octanol–water partition coefficient (Wildman–Crippen LogP) is 3.13. The number of anilines is 2. The molecule has 2 aromatic heterocycles. The maximum atomic E-state index is 13.0. The highest BCUT2D eigenvalue weighted by molar-refractivity contribution is 7.22. The molecule has 0 saturated carbocycles. The number of benzene rings is 2. The molecule has 4 aromatic rings. The molecule has 134 valence electrons. The molecule has 7 heteroatoms. The third-order valence-corrected chi connectivity index (χ3v) is 6.57. The Bertz CT molecular complexity index is 1160. The van der Waals surface area contributed by atoms with Gasteiger partial charge in [-0.1, -0.05) is 35.6 Å². The van der Waals surface area contributed by atoms with Crippen LogP contribution in [-0.4, -0.2) is 40.1 Å². The Labute approximate surface area is 159 Å². The molecule has 0 atom stereocenters. The van der Waals surface area contributed by atoms with E-state index in [1.54, 1.807) is 11.3 Å². The largest absolute Gasteiger partial charge is 0.346 e. The highest BCUT2D eigenvalue weighted by atomic mass is 32.1. The van der Waals surface area contributed by atoms with Crippen LogP contribution in [0.15, 0.2) is 48.5 Å². The van der Waals surface area contributed by atoms with Crippen molar-refractivity contribution >= 4 is 49.6 Å². The summed E-state index contributed by atoms with van der Waals surface area (Å²) in [6.07, 6.45) is 0. The van der Waals surface area contributed by atoms with Crippen molar-refractivity contribution in [3.63, 3.8) is 0 Å². The number of rotatable bonds is 2. The molecule has 0 unspecified atom stereocenters. The van der Waals surface area contributed by atoms with E-state index >= 15 is 0 Å². The number of para-hydroxylation sites is 3. The number of nitrogens with zero attached hydrogens (tertiary/aromatic N) is 5. The first kappa shape index (κ1) is 15.2. The number of imidazole rings is 1. The Morgan fingerprint density at radius 2 is 1.74 bits per heavy atom. The molecule has 27 heavy (non-hydrogen) atoms. The third kappa shape index (κ3) is 2.21. The Morgan fingerprint density at radius 3 is 2.59 bits per heavy atom. The summed E-state index contributed by atoms with van der Waals surface area (Å²) in [6.45, 7) is 2.99. The zero-order chi connectivity index (χ0) is 18.0. The lowest BCUT2D eigenvalue weighted by molar-refractivity contribution is -0.123. The Balaban J connectivity index is 1.21. The molecule has 1 amide bonds. The van der Waals surface area contributed by atoms with Crippen LogP contribution in [0.25, 0.3) is 21.3 Å². The van der Waals surface area contributed by atoms with Crippen molar-refractivity contribution in [1.29, 1.82) is 0 Å². The molecule has 6 nitrogen and oxygen atoms in total. The minimum Gasteiger partial charge on any atom is -0.346 e. The summed E-state index contributed by atoms with van der Waals surface area (Å²) in [5.41, 5.74) is 3.09. The molecule has 0 aliphatic carbocycles. The van der Waals surface area contributed by atoms with Gasteiger partial charge in [0, 0.05) is 26.2 Å². The van der Waals surface area contributed by atoms with Crippen molar-refractivity contribution in [2.24, 2.45) is 5.92 Å². The van der Waals surface area contributed by atoms with E-state index < -0.39 is 0 Å². The maximum Gasteiger partial charge on any atom is 0.236 e. The summed E-state index contributed by atoms with van der Waals surface area (Å²) in [6, 6.07) is 16.2. The fourth-order valence-corrected chi connectivity index (χ4v) is 4.99. The summed E-state index contributed by atoms with van der Waals surface area (Å²) >= 11 is 1.69. The summed E-state index contributed by atoms with van der Waals surface area (Å²) < 4.78 is 3.34. The number of carbonyl (C=O) groups is 1. The molecule has 2 aromatic carbocycles. The SMILES string of the molecule is O=C(C1CN(c2nc3ccccc3s2)C1)N1CCn2c1nc1ccccc12. The molecule has 2 aliphatic rings. The second kappa shape index (κ2) is 5.53. The van der Waals surface area contributed by atoms with Gasteiger partial charge in [0.25, 0.3) is 0 Å². The van der Waals surface area contributed by atoms with Crippen LogP contribution in [0, 0.1) is 5.92 Å². The molecule has 1 fully saturated rings. The van der Waals surface area contributed by atoms with Gasteiger partial charge in [-0.25, -0.2) is 9.97 Å². The van der Waals surface area contributed by atoms with Gasteiger partial charge in [-0.3, -0.25) is 9.69 Å². The van der Waals surface area contributed by atoms with E-state index in [0.717, 1.165) is 47.3 Å². The molecule has 0 radical (unpaired) electrons. The number of hydrogen-bond acceptors (Lipinski definition) is 5. The first-order chi connectivity index (χ1) is 13.3. The van der Waals surface area contributed by atoms with Gasteiger partial charge in [0.1, 0.15) is 0 Å². The fraction of sp³-hybridized carbons (Fsp3) is 0.250. The van der Waals surface area contributed by atoms with Gasteiger partial charge in [-0.15, -0.1) is 0 Å². The lowest BCUT2D eigenvalue weighted by atomic mass is 9.99. The first-order valence-corrected chi connectivity index (χ1v) is 9.97. The molecule has 0 bridgehead atoms. The van der Waals surface area contributed by atoms with Gasteiger partial charge in [0.2, 0.25) is 11.9 Å². The summed E-state index contributed by atoms with van der Waals surface area (Å²) in [5.74, 6) is 0.990. The third-order valence-electron chi connectivity index (χ3n) is 5.47. The van der Waals surface area contributed by atoms with Crippen LogP contribution in [-0.2, 0) is 11.3 Å². The molecular formula is C20H17N5OS. The van der Waals surface area contributed by atoms with Crippen LogP contribution in [0.5, 0.6) is 0 Å². The predicted molar refractivity (Wildman–Crippen MR) is 107 cm³/mol. The molecule has 0 N–H and O–H groups in total. The van der Waals surface area contributed by atoms with E-state index in [-0.39, 0.29) is 11.8 Å². The number of carbonyl (C=O) groups excluding carboxylic acids is 1. The second-order valence-corrected chi connectivity index (χ2v) is 8.12. The summed E-state index contributed by atoms with van der Waals surface area (Å²) in [4.78, 5) is 26.5. The first-order valence-electron chi connectivity index (χ1n) is 9.15. The molecule has 4 heterocycles. The molecule has 1 saturated heterocycles. The van der Waals surface area contributed by atoms with Gasteiger partial charge >= 0.3 is 0 Å². The van der Waals surface area contributed by atoms with Gasteiger partial charge < -0.3 is 9.47 Å². The van der Waals surface area contributed by atoms with Crippen molar-refractivity contribution in [1.82, 2.24) is 14.5 Å². The van der Waals surface area contributed by atoms with Crippen LogP contribution >= 0.6 is 11.3 Å². The van der Waals surface area contributed by atoms with Crippen LogP contribution in [0.1, 0.15) is 0 Å². The van der Waals surface area contributed by atoms with E-state index in [0.29, 0.717) is 6.54 Å². The van der Waals surface area contributed by atoms with Crippen LogP contribution in [0.3, 0.4) is 0 Å². The number of fused-ring (bicyclic) bond motifs is 4. The minimum absolute atomic E-state index is 0.0170. The van der Waals surface area contributed by atoms with Gasteiger partial charge in [0.15, 0.2) is 5.13 Å². The highest BCUT2D eigenvalue weighted by Gasteiger charge is 2.40. The zero-order valence-electron chi connectivity index (χ0n) is 14.6. The standard InChI is InChI=1S/C20H17N5OS/c26-18(25-10-9-24-16-7-3-1-5-14(16)21-19(24)25)13-11-23(12-13)20-22-15-6-2-4-8-17(15)27-20/h1-8,13H,9-12H2. The van der Waals surface area contributed by atoms with Crippen molar-refractivity contribution in [2.45, 2.75) is 6.54 Å². The van der Waals surface area contributed by atoms with E-state index in [2.05, 4.69) is 26.6 Å². The van der Waals surface area contributed by atoms with Gasteiger partial charge in [0.05, 0.1) is 27.2 Å². The van der Waals surface area contributed by atoms with Crippen molar-refractivity contribution in [3.8, 4) is 0 Å². The van der Waals surface area contributed by atoms with E-state index in [1.165, 1.54) is 4.70 Å². The number of hydrogen-bond donors (Lipinski definition) is 0.